The third-order valence-corrected chi connectivity index (χ3v) is 3.10. The molecule has 0 fully saturated rings. The van der Waals surface area contributed by atoms with Gasteiger partial charge in [0.15, 0.2) is 0 Å². The molecule has 0 spiro atoms. The van der Waals surface area contributed by atoms with Gasteiger partial charge < -0.3 is 14.9 Å². The molecule has 2 aromatic heterocycles. The highest BCUT2D eigenvalue weighted by Crippen LogP contribution is 2.29. The van der Waals surface area contributed by atoms with E-state index >= 15 is 0 Å². The largest absolute Gasteiger partial charge is 0.494 e. The molecule has 0 bridgehead atoms. The number of benzene rings is 1. The van der Waals surface area contributed by atoms with Gasteiger partial charge in [0.05, 0.1) is 18.9 Å². The molecule has 6 nitrogen and oxygen atoms in total. The number of pyridine rings is 1. The second-order valence-electron chi connectivity index (χ2n) is 4.41. The lowest BCUT2D eigenvalue weighted by Gasteiger charge is -2.06. The number of hydrogen-bond donors (Lipinski definition) is 1. The molecule has 1 unspecified atom stereocenters. The summed E-state index contributed by atoms with van der Waals surface area (Å²) in [5.74, 6) is 1.28. The maximum atomic E-state index is 6.14. The Kier molecular flexibility index (Phi) is 3.61. The quantitative estimate of drug-likeness (QED) is 0.789. The fourth-order valence-corrected chi connectivity index (χ4v) is 1.99. The summed E-state index contributed by atoms with van der Waals surface area (Å²) in [7, 11) is 1.56. The fraction of sp³-hybridized carbons (Fsp3) is 0.133. The van der Waals surface area contributed by atoms with Crippen LogP contribution in [0.15, 0.2) is 53.2 Å². The molecule has 0 saturated heterocycles. The first-order chi connectivity index (χ1) is 10.3. The van der Waals surface area contributed by atoms with Crippen LogP contribution in [0.1, 0.15) is 17.5 Å². The lowest BCUT2D eigenvalue weighted by atomic mass is 10.1. The highest BCUT2D eigenvalue weighted by molar-refractivity contribution is 5.61. The summed E-state index contributed by atoms with van der Waals surface area (Å²) >= 11 is 0. The predicted octanol–water partition coefficient (Wildman–Crippen LogP) is 2.19. The van der Waals surface area contributed by atoms with Crippen molar-refractivity contribution < 1.29 is 9.15 Å². The van der Waals surface area contributed by atoms with Crippen molar-refractivity contribution in [2.75, 3.05) is 7.11 Å². The Morgan fingerprint density at radius 2 is 1.95 bits per heavy atom. The second kappa shape index (κ2) is 5.72. The highest BCUT2D eigenvalue weighted by atomic mass is 16.5. The number of nitrogens with zero attached hydrogens (tertiary/aromatic N) is 3. The van der Waals surface area contributed by atoms with E-state index in [4.69, 9.17) is 14.9 Å². The summed E-state index contributed by atoms with van der Waals surface area (Å²) in [5, 5.41) is 8.06. The zero-order valence-electron chi connectivity index (χ0n) is 11.4. The van der Waals surface area contributed by atoms with E-state index in [0.29, 0.717) is 23.1 Å². The number of rotatable bonds is 4. The number of ether oxygens (including phenoxy) is 1. The molecule has 2 N–H and O–H groups in total. The zero-order chi connectivity index (χ0) is 14.7. The third-order valence-electron chi connectivity index (χ3n) is 3.10. The van der Waals surface area contributed by atoms with Crippen molar-refractivity contribution in [2.24, 2.45) is 5.73 Å². The molecule has 0 amide bonds. The molecule has 2 heterocycles. The van der Waals surface area contributed by atoms with E-state index in [1.807, 2.05) is 30.3 Å². The van der Waals surface area contributed by atoms with Crippen LogP contribution in [0.2, 0.25) is 0 Å². The Morgan fingerprint density at radius 1 is 1.14 bits per heavy atom. The molecule has 3 aromatic rings. The van der Waals surface area contributed by atoms with Crippen LogP contribution in [0.25, 0.3) is 11.5 Å². The maximum Gasteiger partial charge on any atom is 0.251 e. The first-order valence-corrected chi connectivity index (χ1v) is 6.42. The van der Waals surface area contributed by atoms with Crippen molar-refractivity contribution in [3.05, 3.63) is 60.2 Å². The van der Waals surface area contributed by atoms with Gasteiger partial charge in [-0.1, -0.05) is 30.3 Å². The molecule has 106 valence electrons. The van der Waals surface area contributed by atoms with Crippen LogP contribution in [0.4, 0.5) is 0 Å². The molecule has 6 heteroatoms. The number of hydrogen-bond acceptors (Lipinski definition) is 6. The average molecular weight is 282 g/mol. The van der Waals surface area contributed by atoms with Crippen LogP contribution in [0.3, 0.4) is 0 Å². The summed E-state index contributed by atoms with van der Waals surface area (Å²) in [6.07, 6.45) is 3.23. The molecule has 0 saturated carbocycles. The Hall–Kier alpha value is -2.73. The van der Waals surface area contributed by atoms with E-state index in [1.54, 1.807) is 25.6 Å². The van der Waals surface area contributed by atoms with Gasteiger partial charge in [0.1, 0.15) is 11.8 Å². The number of aromatic nitrogens is 3. The topological polar surface area (TPSA) is 87.1 Å². The molecule has 0 radical (unpaired) electrons. The summed E-state index contributed by atoms with van der Waals surface area (Å²) < 4.78 is 10.9. The van der Waals surface area contributed by atoms with Gasteiger partial charge in [-0.3, -0.25) is 4.98 Å². The average Bonchev–Trinajstić information content (AvgIpc) is 3.04. The number of nitrogens with two attached hydrogens (primary N) is 1. The van der Waals surface area contributed by atoms with E-state index in [9.17, 15) is 0 Å². The third kappa shape index (κ3) is 2.61. The van der Waals surface area contributed by atoms with Crippen molar-refractivity contribution >= 4 is 0 Å². The van der Waals surface area contributed by atoms with Crippen molar-refractivity contribution in [3.63, 3.8) is 0 Å². The van der Waals surface area contributed by atoms with Crippen LogP contribution in [0.5, 0.6) is 5.75 Å². The Morgan fingerprint density at radius 3 is 2.71 bits per heavy atom. The maximum absolute atomic E-state index is 6.14. The van der Waals surface area contributed by atoms with Crippen LogP contribution in [-0.2, 0) is 0 Å². The number of methoxy groups -OCH3 is 1. The van der Waals surface area contributed by atoms with Crippen molar-refractivity contribution in [1.29, 1.82) is 0 Å². The van der Waals surface area contributed by atoms with Crippen LogP contribution >= 0.6 is 0 Å². The van der Waals surface area contributed by atoms with E-state index in [1.165, 1.54) is 0 Å². The Labute approximate surface area is 121 Å². The molecule has 1 atom stereocenters. The zero-order valence-corrected chi connectivity index (χ0v) is 11.4. The minimum atomic E-state index is -0.458. The van der Waals surface area contributed by atoms with E-state index in [0.717, 1.165) is 5.56 Å². The molecule has 0 aliphatic heterocycles. The lowest BCUT2D eigenvalue weighted by Crippen LogP contribution is -2.11. The normalized spacial score (nSPS) is 12.1. The Bertz CT molecular complexity index is 727. The molecule has 0 aliphatic rings. The molecule has 3 rings (SSSR count). The summed E-state index contributed by atoms with van der Waals surface area (Å²) in [5.41, 5.74) is 7.74. The highest BCUT2D eigenvalue weighted by Gasteiger charge is 2.18. The smallest absolute Gasteiger partial charge is 0.251 e. The van der Waals surface area contributed by atoms with Crippen molar-refractivity contribution in [1.82, 2.24) is 15.2 Å². The van der Waals surface area contributed by atoms with Gasteiger partial charge in [0, 0.05) is 6.20 Å². The predicted molar refractivity (Wildman–Crippen MR) is 76.6 cm³/mol. The molecular weight excluding hydrogens is 268 g/mol. The summed E-state index contributed by atoms with van der Waals surface area (Å²) in [6.45, 7) is 0. The van der Waals surface area contributed by atoms with Gasteiger partial charge >= 0.3 is 0 Å². The van der Waals surface area contributed by atoms with Gasteiger partial charge in [0.25, 0.3) is 5.89 Å². The standard InChI is InChI=1S/C15H14N4O2/c1-20-12-9-17-8-7-11(12)14-18-19-15(21-14)13(16)10-5-3-2-4-6-10/h2-9,13H,16H2,1H3. The molecule has 1 aromatic carbocycles. The SMILES string of the molecule is COc1cnccc1-c1nnc(C(N)c2ccccc2)o1. The Balaban J connectivity index is 1.93. The lowest BCUT2D eigenvalue weighted by molar-refractivity contribution is 0.411. The van der Waals surface area contributed by atoms with E-state index in [2.05, 4.69) is 15.2 Å². The van der Waals surface area contributed by atoms with Gasteiger partial charge in [-0.25, -0.2) is 0 Å². The van der Waals surface area contributed by atoms with Crippen LogP contribution in [0, 0.1) is 0 Å². The first-order valence-electron chi connectivity index (χ1n) is 6.42. The van der Waals surface area contributed by atoms with Gasteiger partial charge in [-0.2, -0.15) is 0 Å². The molecule has 0 aliphatic carbocycles. The van der Waals surface area contributed by atoms with Crippen LogP contribution in [-0.4, -0.2) is 22.3 Å². The van der Waals surface area contributed by atoms with E-state index < -0.39 is 6.04 Å². The minimum absolute atomic E-state index is 0.357. The van der Waals surface area contributed by atoms with Crippen LogP contribution < -0.4 is 10.5 Å². The monoisotopic (exact) mass is 282 g/mol. The minimum Gasteiger partial charge on any atom is -0.494 e. The van der Waals surface area contributed by atoms with Crippen molar-refractivity contribution in [3.8, 4) is 17.2 Å². The molecular formula is C15H14N4O2. The second-order valence-corrected chi connectivity index (χ2v) is 4.41. The van der Waals surface area contributed by atoms with Gasteiger partial charge in [-0.15, -0.1) is 10.2 Å². The summed E-state index contributed by atoms with van der Waals surface area (Å²) in [4.78, 5) is 3.99. The molecule has 21 heavy (non-hydrogen) atoms. The summed E-state index contributed by atoms with van der Waals surface area (Å²) in [6, 6.07) is 10.9. The van der Waals surface area contributed by atoms with Crippen molar-refractivity contribution in [2.45, 2.75) is 6.04 Å². The first kappa shape index (κ1) is 13.3. The van der Waals surface area contributed by atoms with Gasteiger partial charge in [-0.05, 0) is 11.6 Å². The van der Waals surface area contributed by atoms with E-state index in [-0.39, 0.29) is 0 Å². The fourth-order valence-electron chi connectivity index (χ4n) is 1.99. The van der Waals surface area contributed by atoms with Gasteiger partial charge in [0.2, 0.25) is 5.89 Å².